The summed E-state index contributed by atoms with van der Waals surface area (Å²) in [5, 5.41) is 12.9. The number of benzene rings is 1. The number of anilines is 1. The van der Waals surface area contributed by atoms with Gasteiger partial charge in [0.25, 0.3) is 0 Å². The van der Waals surface area contributed by atoms with E-state index in [1.165, 1.54) is 0 Å². The summed E-state index contributed by atoms with van der Waals surface area (Å²) >= 11 is 0. The summed E-state index contributed by atoms with van der Waals surface area (Å²) in [5.41, 5.74) is 1.12. The molecule has 1 heterocycles. The highest BCUT2D eigenvalue weighted by molar-refractivity contribution is 5.66. The van der Waals surface area contributed by atoms with Crippen LogP contribution < -0.4 is 4.90 Å². The molecular weight excluding hydrogens is 254 g/mol. The van der Waals surface area contributed by atoms with Crippen LogP contribution >= 0.6 is 0 Å². The van der Waals surface area contributed by atoms with Gasteiger partial charge in [-0.1, -0.05) is 18.2 Å². The van der Waals surface area contributed by atoms with Crippen molar-refractivity contribution in [3.8, 4) is 0 Å². The minimum Gasteiger partial charge on any atom is -0.481 e. The highest BCUT2D eigenvalue weighted by Crippen LogP contribution is 2.14. The minimum absolute atomic E-state index is 0.200. The highest BCUT2D eigenvalue weighted by atomic mass is 16.4. The molecule has 1 aromatic heterocycles. The van der Waals surface area contributed by atoms with Crippen molar-refractivity contribution >= 4 is 11.7 Å². The zero-order valence-electron chi connectivity index (χ0n) is 11.4. The fraction of sp³-hybridized carbons (Fsp3) is 0.333. The Hall–Kier alpha value is -2.30. The topological polar surface area (TPSA) is 58.4 Å². The van der Waals surface area contributed by atoms with Crippen molar-refractivity contribution in [1.29, 1.82) is 0 Å². The third-order valence-corrected chi connectivity index (χ3v) is 3.10. The second kappa shape index (κ2) is 7.33. The number of nitrogens with zero attached hydrogens (tertiary/aromatic N) is 3. The number of hydrogen-bond acceptors (Lipinski definition) is 3. The molecule has 0 aliphatic heterocycles. The SMILES string of the molecule is O=C(O)CCCN(CCn1cccn1)c1ccccc1. The van der Waals surface area contributed by atoms with E-state index >= 15 is 0 Å². The molecule has 0 fully saturated rings. The molecule has 106 valence electrons. The molecule has 1 N–H and O–H groups in total. The van der Waals surface area contributed by atoms with Crippen LogP contribution in [0.1, 0.15) is 12.8 Å². The third-order valence-electron chi connectivity index (χ3n) is 3.10. The molecule has 5 nitrogen and oxygen atoms in total. The number of para-hydroxylation sites is 1. The first-order valence-electron chi connectivity index (χ1n) is 6.75. The van der Waals surface area contributed by atoms with E-state index in [1.54, 1.807) is 6.20 Å². The maximum atomic E-state index is 10.6. The number of aromatic nitrogens is 2. The van der Waals surface area contributed by atoms with Gasteiger partial charge in [0.15, 0.2) is 0 Å². The van der Waals surface area contributed by atoms with Gasteiger partial charge in [-0.2, -0.15) is 5.10 Å². The lowest BCUT2D eigenvalue weighted by atomic mass is 10.2. The molecule has 0 amide bonds. The zero-order chi connectivity index (χ0) is 14.2. The second-order valence-electron chi connectivity index (χ2n) is 4.59. The fourth-order valence-corrected chi connectivity index (χ4v) is 2.09. The van der Waals surface area contributed by atoms with Crippen LogP contribution in [0.2, 0.25) is 0 Å². The number of aliphatic carboxylic acids is 1. The summed E-state index contributed by atoms with van der Waals surface area (Å²) in [6, 6.07) is 12.0. The van der Waals surface area contributed by atoms with Gasteiger partial charge in [-0.15, -0.1) is 0 Å². The molecule has 0 spiro atoms. The van der Waals surface area contributed by atoms with Crippen LogP contribution in [0, 0.1) is 0 Å². The van der Waals surface area contributed by atoms with Crippen LogP contribution in [0.25, 0.3) is 0 Å². The first kappa shape index (κ1) is 14.1. The second-order valence-corrected chi connectivity index (χ2v) is 4.59. The van der Waals surface area contributed by atoms with Crippen molar-refractivity contribution in [2.45, 2.75) is 19.4 Å². The molecule has 0 aliphatic carbocycles. The van der Waals surface area contributed by atoms with E-state index in [0.29, 0.717) is 6.42 Å². The fourth-order valence-electron chi connectivity index (χ4n) is 2.09. The van der Waals surface area contributed by atoms with E-state index in [1.807, 2.05) is 47.3 Å². The van der Waals surface area contributed by atoms with Gasteiger partial charge >= 0.3 is 5.97 Å². The standard InChI is InChI=1S/C15H19N3O2/c19-15(20)8-4-10-17(14-6-2-1-3-7-14)12-13-18-11-5-9-16-18/h1-3,5-7,9,11H,4,8,10,12-13H2,(H,19,20). The Kier molecular flexibility index (Phi) is 5.17. The van der Waals surface area contributed by atoms with Crippen LogP contribution in [-0.2, 0) is 11.3 Å². The Morgan fingerprint density at radius 2 is 2.00 bits per heavy atom. The van der Waals surface area contributed by atoms with Gasteiger partial charge in [0.1, 0.15) is 0 Å². The van der Waals surface area contributed by atoms with Crippen molar-refractivity contribution < 1.29 is 9.90 Å². The number of rotatable bonds is 8. The molecule has 1 aromatic carbocycles. The Morgan fingerprint density at radius 1 is 1.20 bits per heavy atom. The molecule has 0 atom stereocenters. The molecule has 0 radical (unpaired) electrons. The van der Waals surface area contributed by atoms with Crippen LogP contribution in [0.5, 0.6) is 0 Å². The van der Waals surface area contributed by atoms with E-state index in [2.05, 4.69) is 10.00 Å². The van der Waals surface area contributed by atoms with E-state index < -0.39 is 5.97 Å². The van der Waals surface area contributed by atoms with Gasteiger partial charge in [0.2, 0.25) is 0 Å². The molecule has 0 aliphatic rings. The van der Waals surface area contributed by atoms with Crippen molar-refractivity contribution in [3.63, 3.8) is 0 Å². The molecular formula is C15H19N3O2. The third kappa shape index (κ3) is 4.42. The Labute approximate surface area is 118 Å². The minimum atomic E-state index is -0.745. The number of carbonyl (C=O) groups is 1. The Bertz CT molecular complexity index is 511. The molecule has 0 bridgehead atoms. The van der Waals surface area contributed by atoms with Crippen LogP contribution in [0.4, 0.5) is 5.69 Å². The van der Waals surface area contributed by atoms with Crippen LogP contribution in [0.3, 0.4) is 0 Å². The molecule has 0 unspecified atom stereocenters. The summed E-state index contributed by atoms with van der Waals surface area (Å²) in [6.45, 7) is 2.33. The van der Waals surface area contributed by atoms with Gasteiger partial charge in [-0.25, -0.2) is 0 Å². The molecule has 0 saturated heterocycles. The largest absolute Gasteiger partial charge is 0.481 e. The average Bonchev–Trinajstić information content (AvgIpc) is 2.96. The zero-order valence-corrected chi connectivity index (χ0v) is 11.4. The summed E-state index contributed by atoms with van der Waals surface area (Å²) in [7, 11) is 0. The lowest BCUT2D eigenvalue weighted by molar-refractivity contribution is -0.137. The molecule has 2 rings (SSSR count). The quantitative estimate of drug-likeness (QED) is 0.801. The smallest absolute Gasteiger partial charge is 0.303 e. The normalized spacial score (nSPS) is 10.4. The van der Waals surface area contributed by atoms with E-state index in [-0.39, 0.29) is 6.42 Å². The van der Waals surface area contributed by atoms with E-state index in [4.69, 9.17) is 5.11 Å². The van der Waals surface area contributed by atoms with Gasteiger partial charge in [0.05, 0.1) is 6.54 Å². The van der Waals surface area contributed by atoms with Crippen molar-refractivity contribution in [2.24, 2.45) is 0 Å². The van der Waals surface area contributed by atoms with Crippen molar-refractivity contribution in [3.05, 3.63) is 48.8 Å². The molecule has 20 heavy (non-hydrogen) atoms. The van der Waals surface area contributed by atoms with Crippen molar-refractivity contribution in [2.75, 3.05) is 18.0 Å². The summed E-state index contributed by atoms with van der Waals surface area (Å²) < 4.78 is 1.88. The van der Waals surface area contributed by atoms with Gasteiger partial charge in [-0.05, 0) is 24.6 Å². The van der Waals surface area contributed by atoms with Crippen molar-refractivity contribution in [1.82, 2.24) is 9.78 Å². The van der Waals surface area contributed by atoms with Gasteiger partial charge < -0.3 is 10.0 Å². The number of hydrogen-bond donors (Lipinski definition) is 1. The summed E-state index contributed by atoms with van der Waals surface area (Å²) in [4.78, 5) is 12.8. The maximum absolute atomic E-state index is 10.6. The first-order valence-corrected chi connectivity index (χ1v) is 6.75. The highest BCUT2D eigenvalue weighted by Gasteiger charge is 2.07. The Morgan fingerprint density at radius 3 is 2.65 bits per heavy atom. The molecule has 0 saturated carbocycles. The lowest BCUT2D eigenvalue weighted by Crippen LogP contribution is -2.29. The van der Waals surface area contributed by atoms with Crippen LogP contribution in [-0.4, -0.2) is 33.9 Å². The number of carboxylic acids is 1. The predicted octanol–water partition coefficient (Wildman–Crippen LogP) is 2.25. The summed E-state index contributed by atoms with van der Waals surface area (Å²) in [6.07, 6.45) is 4.53. The van der Waals surface area contributed by atoms with E-state index in [0.717, 1.165) is 25.3 Å². The lowest BCUT2D eigenvalue weighted by Gasteiger charge is -2.24. The maximum Gasteiger partial charge on any atom is 0.303 e. The van der Waals surface area contributed by atoms with Gasteiger partial charge in [0, 0.05) is 37.6 Å². The molecule has 2 aromatic rings. The number of carboxylic acid groups (broad SMARTS) is 1. The van der Waals surface area contributed by atoms with Gasteiger partial charge in [-0.3, -0.25) is 9.48 Å². The van der Waals surface area contributed by atoms with E-state index in [9.17, 15) is 4.79 Å². The monoisotopic (exact) mass is 273 g/mol. The summed E-state index contributed by atoms with van der Waals surface area (Å²) in [5.74, 6) is -0.745. The van der Waals surface area contributed by atoms with Crippen LogP contribution in [0.15, 0.2) is 48.8 Å². The average molecular weight is 273 g/mol. The molecule has 5 heteroatoms. The Balaban J connectivity index is 1.94. The first-order chi connectivity index (χ1) is 9.75. The predicted molar refractivity (Wildman–Crippen MR) is 77.8 cm³/mol.